The molecule has 0 radical (unpaired) electrons. The Morgan fingerprint density at radius 2 is 2.08 bits per heavy atom. The highest BCUT2D eigenvalue weighted by Crippen LogP contribution is 2.43. The summed E-state index contributed by atoms with van der Waals surface area (Å²) < 4.78 is 10.0. The van der Waals surface area contributed by atoms with Crippen molar-refractivity contribution in [3.8, 4) is 0 Å². The van der Waals surface area contributed by atoms with Gasteiger partial charge in [-0.2, -0.15) is 0 Å². The fourth-order valence-corrected chi connectivity index (χ4v) is 1.94. The molecule has 1 spiro atoms. The van der Waals surface area contributed by atoms with E-state index in [9.17, 15) is 4.79 Å². The molecule has 1 aliphatic heterocycles. The monoisotopic (exact) mass is 170 g/mol. The standard InChI is InChI=1S/C9H14O3/c1-11-8(10)7-2-4-9(5-3-7)6-12-9/h7H,2-6H2,1H3. The summed E-state index contributed by atoms with van der Waals surface area (Å²) in [5.74, 6) is 0.0790. The second-order valence-electron chi connectivity index (χ2n) is 3.77. The Morgan fingerprint density at radius 1 is 1.50 bits per heavy atom. The predicted molar refractivity (Wildman–Crippen MR) is 42.7 cm³/mol. The first kappa shape index (κ1) is 8.05. The normalized spacial score (nSPS) is 39.6. The highest BCUT2D eigenvalue weighted by molar-refractivity contribution is 5.72. The number of carbonyl (C=O) groups is 1. The Morgan fingerprint density at radius 3 is 2.50 bits per heavy atom. The van der Waals surface area contributed by atoms with Crippen LogP contribution in [0.5, 0.6) is 0 Å². The van der Waals surface area contributed by atoms with Gasteiger partial charge in [-0.15, -0.1) is 0 Å². The summed E-state index contributed by atoms with van der Waals surface area (Å²) in [6.07, 6.45) is 3.94. The fourth-order valence-electron chi connectivity index (χ4n) is 1.94. The van der Waals surface area contributed by atoms with Gasteiger partial charge in [0.2, 0.25) is 0 Å². The van der Waals surface area contributed by atoms with Crippen LogP contribution in [0.25, 0.3) is 0 Å². The average molecular weight is 170 g/mol. The molecule has 2 rings (SSSR count). The zero-order valence-corrected chi connectivity index (χ0v) is 7.34. The average Bonchev–Trinajstić information content (AvgIpc) is 2.85. The van der Waals surface area contributed by atoms with Crippen molar-refractivity contribution < 1.29 is 14.3 Å². The van der Waals surface area contributed by atoms with E-state index in [1.165, 1.54) is 7.11 Å². The Bertz CT molecular complexity index is 186. The topological polar surface area (TPSA) is 38.8 Å². The third kappa shape index (κ3) is 1.33. The van der Waals surface area contributed by atoms with Crippen LogP contribution in [0.2, 0.25) is 0 Å². The molecule has 68 valence electrons. The lowest BCUT2D eigenvalue weighted by Gasteiger charge is -2.23. The SMILES string of the molecule is COC(=O)C1CCC2(CC1)CO2. The number of epoxide rings is 1. The molecule has 1 aliphatic carbocycles. The molecule has 0 aromatic carbocycles. The molecular weight excluding hydrogens is 156 g/mol. The number of ether oxygens (including phenoxy) is 2. The van der Waals surface area contributed by atoms with Gasteiger partial charge in [-0.1, -0.05) is 0 Å². The molecule has 0 atom stereocenters. The van der Waals surface area contributed by atoms with Crippen molar-refractivity contribution >= 4 is 5.97 Å². The third-order valence-electron chi connectivity index (χ3n) is 2.98. The number of hydrogen-bond donors (Lipinski definition) is 0. The molecule has 0 unspecified atom stereocenters. The molecular formula is C9H14O3. The van der Waals surface area contributed by atoms with Gasteiger partial charge in [0.25, 0.3) is 0 Å². The maximum Gasteiger partial charge on any atom is 0.308 e. The van der Waals surface area contributed by atoms with E-state index in [4.69, 9.17) is 9.47 Å². The van der Waals surface area contributed by atoms with E-state index >= 15 is 0 Å². The molecule has 0 bridgehead atoms. The number of hydrogen-bond acceptors (Lipinski definition) is 3. The highest BCUT2D eigenvalue weighted by Gasteiger charge is 2.48. The summed E-state index contributed by atoms with van der Waals surface area (Å²) in [6, 6.07) is 0. The molecule has 12 heavy (non-hydrogen) atoms. The quantitative estimate of drug-likeness (QED) is 0.437. The van der Waals surface area contributed by atoms with Crippen molar-refractivity contribution in [2.45, 2.75) is 31.3 Å². The smallest absolute Gasteiger partial charge is 0.308 e. The summed E-state index contributed by atoms with van der Waals surface area (Å²) in [7, 11) is 1.46. The number of esters is 1. The van der Waals surface area contributed by atoms with Crippen LogP contribution < -0.4 is 0 Å². The van der Waals surface area contributed by atoms with Gasteiger partial charge in [0.15, 0.2) is 0 Å². The zero-order chi connectivity index (χ0) is 8.60. The van der Waals surface area contributed by atoms with E-state index in [0.29, 0.717) is 0 Å². The highest BCUT2D eigenvalue weighted by atomic mass is 16.6. The van der Waals surface area contributed by atoms with Crippen LogP contribution in [0.4, 0.5) is 0 Å². The molecule has 0 amide bonds. The Hall–Kier alpha value is -0.570. The molecule has 1 saturated heterocycles. The van der Waals surface area contributed by atoms with E-state index < -0.39 is 0 Å². The van der Waals surface area contributed by atoms with Crippen LogP contribution in [0.15, 0.2) is 0 Å². The summed E-state index contributed by atoms with van der Waals surface area (Å²) in [4.78, 5) is 11.1. The molecule has 3 nitrogen and oxygen atoms in total. The van der Waals surface area contributed by atoms with Crippen LogP contribution in [0, 0.1) is 5.92 Å². The van der Waals surface area contributed by atoms with Gasteiger partial charge in [-0.3, -0.25) is 4.79 Å². The second-order valence-corrected chi connectivity index (χ2v) is 3.77. The van der Waals surface area contributed by atoms with Crippen LogP contribution >= 0.6 is 0 Å². The molecule has 2 fully saturated rings. The van der Waals surface area contributed by atoms with Crippen molar-refractivity contribution in [1.82, 2.24) is 0 Å². The van der Waals surface area contributed by atoms with Crippen molar-refractivity contribution in [3.05, 3.63) is 0 Å². The van der Waals surface area contributed by atoms with Crippen LogP contribution in [0.1, 0.15) is 25.7 Å². The van der Waals surface area contributed by atoms with E-state index in [2.05, 4.69) is 0 Å². The lowest BCUT2D eigenvalue weighted by Crippen LogP contribution is -2.27. The van der Waals surface area contributed by atoms with Crippen molar-refractivity contribution in [2.75, 3.05) is 13.7 Å². The van der Waals surface area contributed by atoms with Gasteiger partial charge in [-0.25, -0.2) is 0 Å². The molecule has 0 aromatic heterocycles. The van der Waals surface area contributed by atoms with E-state index in [0.717, 1.165) is 32.3 Å². The predicted octanol–water partition coefficient (Wildman–Crippen LogP) is 1.12. The van der Waals surface area contributed by atoms with E-state index in [1.807, 2.05) is 0 Å². The minimum Gasteiger partial charge on any atom is -0.469 e. The number of methoxy groups -OCH3 is 1. The van der Waals surface area contributed by atoms with Gasteiger partial charge in [0.05, 0.1) is 25.2 Å². The summed E-state index contributed by atoms with van der Waals surface area (Å²) in [5.41, 5.74) is 0.185. The maximum absolute atomic E-state index is 11.1. The van der Waals surface area contributed by atoms with Gasteiger partial charge in [-0.05, 0) is 25.7 Å². The van der Waals surface area contributed by atoms with Crippen LogP contribution in [-0.4, -0.2) is 25.3 Å². The molecule has 3 heteroatoms. The van der Waals surface area contributed by atoms with Gasteiger partial charge in [0.1, 0.15) is 0 Å². The lowest BCUT2D eigenvalue weighted by atomic mass is 9.82. The Kier molecular flexibility index (Phi) is 1.83. The molecule has 0 N–H and O–H groups in total. The number of carbonyl (C=O) groups excluding carboxylic acids is 1. The first-order chi connectivity index (χ1) is 5.76. The lowest BCUT2D eigenvalue weighted by molar-refractivity contribution is -0.146. The molecule has 0 aromatic rings. The Labute approximate surface area is 72.0 Å². The van der Waals surface area contributed by atoms with Gasteiger partial charge in [0, 0.05) is 0 Å². The maximum atomic E-state index is 11.1. The van der Waals surface area contributed by atoms with E-state index in [1.54, 1.807) is 0 Å². The Balaban J connectivity index is 1.85. The van der Waals surface area contributed by atoms with E-state index in [-0.39, 0.29) is 17.5 Å². The first-order valence-corrected chi connectivity index (χ1v) is 4.48. The van der Waals surface area contributed by atoms with Crippen LogP contribution in [0.3, 0.4) is 0 Å². The first-order valence-electron chi connectivity index (χ1n) is 4.48. The third-order valence-corrected chi connectivity index (χ3v) is 2.98. The molecule has 2 aliphatic rings. The molecule has 1 saturated carbocycles. The summed E-state index contributed by atoms with van der Waals surface area (Å²) >= 11 is 0. The zero-order valence-electron chi connectivity index (χ0n) is 7.34. The van der Waals surface area contributed by atoms with Gasteiger partial charge >= 0.3 is 5.97 Å². The van der Waals surface area contributed by atoms with Gasteiger partial charge < -0.3 is 9.47 Å². The largest absolute Gasteiger partial charge is 0.469 e. The van der Waals surface area contributed by atoms with Crippen molar-refractivity contribution in [3.63, 3.8) is 0 Å². The minimum atomic E-state index is -0.0505. The summed E-state index contributed by atoms with van der Waals surface area (Å²) in [6.45, 7) is 0.904. The summed E-state index contributed by atoms with van der Waals surface area (Å²) in [5, 5.41) is 0. The fraction of sp³-hybridized carbons (Fsp3) is 0.889. The van der Waals surface area contributed by atoms with Crippen LogP contribution in [-0.2, 0) is 14.3 Å². The minimum absolute atomic E-state index is 0.0505. The number of rotatable bonds is 1. The van der Waals surface area contributed by atoms with Crippen molar-refractivity contribution in [2.24, 2.45) is 5.92 Å². The van der Waals surface area contributed by atoms with Crippen molar-refractivity contribution in [1.29, 1.82) is 0 Å². The molecule has 1 heterocycles. The second kappa shape index (κ2) is 2.73.